The first-order chi connectivity index (χ1) is 7.09. The average molecular weight is 204 g/mol. The van der Waals surface area contributed by atoms with Gasteiger partial charge in [0.05, 0.1) is 0 Å². The number of amides is 1. The van der Waals surface area contributed by atoms with Gasteiger partial charge in [-0.05, 0) is 43.9 Å². The Bertz CT molecular complexity index is 389. The van der Waals surface area contributed by atoms with Crippen LogP contribution in [-0.2, 0) is 11.2 Å². The van der Waals surface area contributed by atoms with Crippen molar-refractivity contribution < 1.29 is 4.79 Å². The molecule has 1 aromatic rings. The average Bonchev–Trinajstić information content (AvgIpc) is 2.51. The van der Waals surface area contributed by atoms with Crippen LogP contribution in [0, 0.1) is 6.92 Å². The van der Waals surface area contributed by atoms with E-state index in [1.165, 1.54) is 11.1 Å². The normalized spacial score (nSPS) is 25.3. The van der Waals surface area contributed by atoms with Crippen molar-refractivity contribution in [2.45, 2.75) is 38.6 Å². The molecule has 1 atom stereocenters. The first-order valence-electron chi connectivity index (χ1n) is 5.30. The van der Waals surface area contributed by atoms with Crippen LogP contribution in [0.4, 0.5) is 0 Å². The van der Waals surface area contributed by atoms with Gasteiger partial charge >= 0.3 is 0 Å². The lowest BCUT2D eigenvalue weighted by molar-refractivity contribution is -0.119. The summed E-state index contributed by atoms with van der Waals surface area (Å²) in [5, 5.41) is 3.04. The van der Waals surface area contributed by atoms with Crippen LogP contribution in [0.5, 0.6) is 0 Å². The number of carbonyl (C=O) groups is 1. The SMILES string of the molecule is Cc1ccncc1CC1(C)CCC(=O)N1. The molecule has 1 aromatic heterocycles. The quantitative estimate of drug-likeness (QED) is 0.795. The summed E-state index contributed by atoms with van der Waals surface area (Å²) in [6.45, 7) is 4.18. The Kier molecular flexibility index (Phi) is 2.47. The minimum absolute atomic E-state index is 0.0785. The highest BCUT2D eigenvalue weighted by Gasteiger charge is 2.33. The summed E-state index contributed by atoms with van der Waals surface area (Å²) in [5.41, 5.74) is 2.39. The lowest BCUT2D eigenvalue weighted by Crippen LogP contribution is -2.40. The zero-order valence-electron chi connectivity index (χ0n) is 9.21. The van der Waals surface area contributed by atoms with Crippen LogP contribution >= 0.6 is 0 Å². The predicted molar refractivity (Wildman–Crippen MR) is 58.5 cm³/mol. The molecule has 80 valence electrons. The second-order valence-corrected chi connectivity index (χ2v) is 4.59. The smallest absolute Gasteiger partial charge is 0.220 e. The summed E-state index contributed by atoms with van der Waals surface area (Å²) in [5.74, 6) is 0.166. The minimum atomic E-state index is -0.0785. The van der Waals surface area contributed by atoms with Crippen LogP contribution in [0.3, 0.4) is 0 Å². The molecule has 3 nitrogen and oxygen atoms in total. The maximum atomic E-state index is 11.2. The largest absolute Gasteiger partial charge is 0.351 e. The van der Waals surface area contributed by atoms with E-state index < -0.39 is 0 Å². The number of pyridine rings is 1. The number of rotatable bonds is 2. The van der Waals surface area contributed by atoms with Crippen molar-refractivity contribution in [2.75, 3.05) is 0 Å². The van der Waals surface area contributed by atoms with Crippen LogP contribution in [0.2, 0.25) is 0 Å². The molecule has 0 aromatic carbocycles. The highest BCUT2D eigenvalue weighted by Crippen LogP contribution is 2.24. The van der Waals surface area contributed by atoms with Gasteiger partial charge in [-0.1, -0.05) is 0 Å². The summed E-state index contributed by atoms with van der Waals surface area (Å²) < 4.78 is 0. The highest BCUT2D eigenvalue weighted by molar-refractivity contribution is 5.79. The van der Waals surface area contributed by atoms with Gasteiger partial charge in [0.2, 0.25) is 5.91 Å². The Morgan fingerprint density at radius 1 is 1.60 bits per heavy atom. The zero-order chi connectivity index (χ0) is 10.9. The molecule has 2 heterocycles. The number of aromatic nitrogens is 1. The van der Waals surface area contributed by atoms with E-state index in [-0.39, 0.29) is 11.4 Å². The summed E-state index contributed by atoms with van der Waals surface area (Å²) in [7, 11) is 0. The lowest BCUT2D eigenvalue weighted by Gasteiger charge is -2.24. The second-order valence-electron chi connectivity index (χ2n) is 4.59. The number of hydrogen-bond acceptors (Lipinski definition) is 2. The molecule has 1 fully saturated rings. The van der Waals surface area contributed by atoms with Crippen LogP contribution < -0.4 is 5.32 Å². The predicted octanol–water partition coefficient (Wildman–Crippen LogP) is 1.60. The van der Waals surface area contributed by atoms with Gasteiger partial charge in [0.15, 0.2) is 0 Å². The molecule has 2 rings (SSSR count). The first-order valence-corrected chi connectivity index (χ1v) is 5.30. The molecular weight excluding hydrogens is 188 g/mol. The fourth-order valence-corrected chi connectivity index (χ4v) is 2.09. The number of hydrogen-bond donors (Lipinski definition) is 1. The molecule has 0 saturated carbocycles. The zero-order valence-corrected chi connectivity index (χ0v) is 9.21. The molecule has 15 heavy (non-hydrogen) atoms. The third-order valence-electron chi connectivity index (χ3n) is 3.07. The summed E-state index contributed by atoms with van der Waals surface area (Å²) in [6.07, 6.45) is 6.13. The van der Waals surface area contributed by atoms with E-state index in [0.29, 0.717) is 6.42 Å². The van der Waals surface area contributed by atoms with Gasteiger partial charge in [0.1, 0.15) is 0 Å². The maximum Gasteiger partial charge on any atom is 0.220 e. The highest BCUT2D eigenvalue weighted by atomic mass is 16.2. The van der Waals surface area contributed by atoms with E-state index in [1.807, 2.05) is 12.3 Å². The molecule has 0 bridgehead atoms. The van der Waals surface area contributed by atoms with Crippen LogP contribution in [-0.4, -0.2) is 16.4 Å². The third-order valence-corrected chi connectivity index (χ3v) is 3.07. The van der Waals surface area contributed by atoms with E-state index in [9.17, 15) is 4.79 Å². The second kappa shape index (κ2) is 3.65. The summed E-state index contributed by atoms with van der Waals surface area (Å²) >= 11 is 0. The number of aryl methyl sites for hydroxylation is 1. The Labute approximate surface area is 89.9 Å². The first kappa shape index (κ1) is 10.1. The van der Waals surface area contributed by atoms with Gasteiger partial charge < -0.3 is 5.32 Å². The van der Waals surface area contributed by atoms with Crippen molar-refractivity contribution in [3.8, 4) is 0 Å². The van der Waals surface area contributed by atoms with Crippen molar-refractivity contribution in [1.29, 1.82) is 0 Å². The van der Waals surface area contributed by atoms with Crippen molar-refractivity contribution >= 4 is 5.91 Å². The molecule has 0 radical (unpaired) electrons. The number of nitrogens with one attached hydrogen (secondary N) is 1. The summed E-state index contributed by atoms with van der Waals surface area (Å²) in [4.78, 5) is 15.3. The molecule has 1 aliphatic heterocycles. The molecule has 1 N–H and O–H groups in total. The van der Waals surface area contributed by atoms with Gasteiger partial charge in [-0.3, -0.25) is 9.78 Å². The molecule has 1 amide bonds. The fourth-order valence-electron chi connectivity index (χ4n) is 2.09. The van der Waals surface area contributed by atoms with Crippen molar-refractivity contribution in [1.82, 2.24) is 10.3 Å². The summed E-state index contributed by atoms with van der Waals surface area (Å²) in [6, 6.07) is 2.01. The Balaban J connectivity index is 2.15. The van der Waals surface area contributed by atoms with E-state index >= 15 is 0 Å². The molecule has 0 aliphatic carbocycles. The fraction of sp³-hybridized carbons (Fsp3) is 0.500. The molecular formula is C12H16N2O. The van der Waals surface area contributed by atoms with Gasteiger partial charge in [0, 0.05) is 24.4 Å². The van der Waals surface area contributed by atoms with E-state index in [2.05, 4.69) is 24.1 Å². The monoisotopic (exact) mass is 204 g/mol. The van der Waals surface area contributed by atoms with Crippen molar-refractivity contribution in [3.05, 3.63) is 29.6 Å². The molecule has 1 unspecified atom stereocenters. The Morgan fingerprint density at radius 3 is 3.00 bits per heavy atom. The molecule has 3 heteroatoms. The molecule has 1 saturated heterocycles. The third kappa shape index (κ3) is 2.17. The van der Waals surface area contributed by atoms with E-state index in [1.54, 1.807) is 6.20 Å². The van der Waals surface area contributed by atoms with Crippen LogP contribution in [0.1, 0.15) is 30.9 Å². The van der Waals surface area contributed by atoms with Gasteiger partial charge in [-0.2, -0.15) is 0 Å². The number of nitrogens with zero attached hydrogens (tertiary/aromatic N) is 1. The molecule has 0 spiro atoms. The Morgan fingerprint density at radius 2 is 2.40 bits per heavy atom. The van der Waals surface area contributed by atoms with Gasteiger partial charge in [-0.25, -0.2) is 0 Å². The standard InChI is InChI=1S/C12H16N2O/c1-9-4-6-13-8-10(9)7-12(2)5-3-11(15)14-12/h4,6,8H,3,5,7H2,1-2H3,(H,14,15). The Hall–Kier alpha value is -1.38. The van der Waals surface area contributed by atoms with Gasteiger partial charge in [-0.15, -0.1) is 0 Å². The van der Waals surface area contributed by atoms with E-state index in [0.717, 1.165) is 12.8 Å². The van der Waals surface area contributed by atoms with Crippen LogP contribution in [0.15, 0.2) is 18.5 Å². The van der Waals surface area contributed by atoms with Gasteiger partial charge in [0.25, 0.3) is 0 Å². The maximum absolute atomic E-state index is 11.2. The number of carbonyl (C=O) groups excluding carboxylic acids is 1. The van der Waals surface area contributed by atoms with Crippen molar-refractivity contribution in [3.63, 3.8) is 0 Å². The lowest BCUT2D eigenvalue weighted by atomic mass is 9.90. The molecule has 1 aliphatic rings. The minimum Gasteiger partial charge on any atom is -0.351 e. The topological polar surface area (TPSA) is 42.0 Å². The van der Waals surface area contributed by atoms with E-state index in [4.69, 9.17) is 0 Å². The van der Waals surface area contributed by atoms with Crippen molar-refractivity contribution in [2.24, 2.45) is 0 Å². The van der Waals surface area contributed by atoms with Crippen LogP contribution in [0.25, 0.3) is 0 Å².